The van der Waals surface area contributed by atoms with Gasteiger partial charge in [-0.2, -0.15) is 0 Å². The Balaban J connectivity index is 1.75. The van der Waals surface area contributed by atoms with Crippen LogP contribution in [0, 0.1) is 24.0 Å². The molecule has 9 heteroatoms. The zero-order valence-electron chi connectivity index (χ0n) is 14.8. The van der Waals surface area contributed by atoms with Gasteiger partial charge in [-0.1, -0.05) is 18.2 Å². The highest BCUT2D eigenvalue weighted by molar-refractivity contribution is 7.89. The number of nitro benzene ring substituents is 1. The number of benzene rings is 2. The predicted octanol–water partition coefficient (Wildman–Crippen LogP) is 2.88. The van der Waals surface area contributed by atoms with E-state index in [1.54, 1.807) is 13.1 Å². The van der Waals surface area contributed by atoms with Crippen molar-refractivity contribution in [2.75, 3.05) is 0 Å². The van der Waals surface area contributed by atoms with Gasteiger partial charge in [0.15, 0.2) is 0 Å². The number of nitrogens with zero attached hydrogens (tertiary/aromatic N) is 3. The lowest BCUT2D eigenvalue weighted by Crippen LogP contribution is -2.23. The van der Waals surface area contributed by atoms with Crippen molar-refractivity contribution >= 4 is 15.7 Å². The lowest BCUT2D eigenvalue weighted by atomic mass is 10.2. The molecule has 3 aromatic rings. The van der Waals surface area contributed by atoms with Gasteiger partial charge in [-0.05, 0) is 37.6 Å². The number of rotatable bonds is 6. The largest absolute Gasteiger partial charge is 0.304 e. The molecule has 1 N–H and O–H groups in total. The summed E-state index contributed by atoms with van der Waals surface area (Å²) in [6, 6.07) is 11.2. The Bertz CT molecular complexity index is 1090. The van der Waals surface area contributed by atoms with Gasteiger partial charge >= 0.3 is 0 Å². The fraction of sp³-hybridized carbons (Fsp3) is 0.167. The number of aryl methyl sites for hydroxylation is 2. The highest BCUT2D eigenvalue weighted by Crippen LogP contribution is 2.22. The second-order valence-electron chi connectivity index (χ2n) is 6.04. The number of nitrogens with one attached hydrogen (secondary N) is 1. The van der Waals surface area contributed by atoms with Crippen molar-refractivity contribution in [1.29, 1.82) is 0 Å². The summed E-state index contributed by atoms with van der Waals surface area (Å²) < 4.78 is 29.3. The molecule has 0 bridgehead atoms. The van der Waals surface area contributed by atoms with E-state index < -0.39 is 14.9 Å². The zero-order chi connectivity index (χ0) is 19.6. The van der Waals surface area contributed by atoms with Crippen LogP contribution in [0.15, 0.2) is 59.8 Å². The highest BCUT2D eigenvalue weighted by atomic mass is 32.2. The van der Waals surface area contributed by atoms with Crippen molar-refractivity contribution < 1.29 is 13.3 Å². The van der Waals surface area contributed by atoms with Gasteiger partial charge in [0, 0.05) is 36.3 Å². The van der Waals surface area contributed by atoms with Crippen LogP contribution in [-0.4, -0.2) is 22.9 Å². The van der Waals surface area contributed by atoms with Gasteiger partial charge in [0.2, 0.25) is 10.0 Å². The lowest BCUT2D eigenvalue weighted by Gasteiger charge is -2.09. The SMILES string of the molecule is Cc1ccc(S(=O)(=O)NCc2ccc(-n3ccnc3C)cc2)cc1[N+](=O)[O-]. The van der Waals surface area contributed by atoms with E-state index in [0.29, 0.717) is 5.56 Å². The Morgan fingerprint density at radius 2 is 1.85 bits per heavy atom. The number of hydrogen-bond donors (Lipinski definition) is 1. The van der Waals surface area contributed by atoms with E-state index in [0.717, 1.165) is 23.1 Å². The Labute approximate surface area is 156 Å². The molecule has 0 aliphatic heterocycles. The monoisotopic (exact) mass is 386 g/mol. The molecule has 0 spiro atoms. The summed E-state index contributed by atoms with van der Waals surface area (Å²) in [5.74, 6) is 0.851. The summed E-state index contributed by atoms with van der Waals surface area (Å²) >= 11 is 0. The molecule has 0 aliphatic rings. The predicted molar refractivity (Wildman–Crippen MR) is 100 cm³/mol. The molecular formula is C18H18N4O4S. The van der Waals surface area contributed by atoms with Gasteiger partial charge < -0.3 is 4.57 Å². The molecule has 0 saturated heterocycles. The maximum atomic E-state index is 12.4. The van der Waals surface area contributed by atoms with Gasteiger partial charge in [-0.25, -0.2) is 18.1 Å². The number of hydrogen-bond acceptors (Lipinski definition) is 5. The van der Waals surface area contributed by atoms with Crippen LogP contribution in [0.2, 0.25) is 0 Å². The van der Waals surface area contributed by atoms with Crippen molar-refractivity contribution in [3.63, 3.8) is 0 Å². The number of imidazole rings is 1. The van der Waals surface area contributed by atoms with Crippen molar-refractivity contribution in [2.24, 2.45) is 0 Å². The number of nitro groups is 1. The molecule has 140 valence electrons. The fourth-order valence-electron chi connectivity index (χ4n) is 2.64. The van der Waals surface area contributed by atoms with Crippen LogP contribution < -0.4 is 4.72 Å². The Morgan fingerprint density at radius 3 is 2.44 bits per heavy atom. The van der Waals surface area contributed by atoms with Crippen LogP contribution in [0.4, 0.5) is 5.69 Å². The van der Waals surface area contributed by atoms with Crippen molar-refractivity contribution in [3.8, 4) is 5.69 Å². The zero-order valence-corrected chi connectivity index (χ0v) is 15.6. The van der Waals surface area contributed by atoms with Gasteiger partial charge in [0.1, 0.15) is 5.82 Å². The average molecular weight is 386 g/mol. The summed E-state index contributed by atoms with van der Waals surface area (Å²) in [4.78, 5) is 14.5. The van der Waals surface area contributed by atoms with E-state index in [1.165, 1.54) is 12.1 Å². The first-order chi connectivity index (χ1) is 12.8. The quantitative estimate of drug-likeness (QED) is 0.518. The van der Waals surface area contributed by atoms with Gasteiger partial charge in [-0.15, -0.1) is 0 Å². The van der Waals surface area contributed by atoms with Crippen molar-refractivity contribution in [3.05, 3.63) is 81.9 Å². The molecule has 0 amide bonds. The van der Waals surface area contributed by atoms with E-state index >= 15 is 0 Å². The summed E-state index contributed by atoms with van der Waals surface area (Å²) in [6.07, 6.45) is 3.55. The maximum absolute atomic E-state index is 12.4. The topological polar surface area (TPSA) is 107 Å². The summed E-state index contributed by atoms with van der Waals surface area (Å²) in [7, 11) is -3.86. The first-order valence-electron chi connectivity index (χ1n) is 8.12. The van der Waals surface area contributed by atoms with E-state index in [9.17, 15) is 18.5 Å². The minimum absolute atomic E-state index is 0.0766. The molecule has 27 heavy (non-hydrogen) atoms. The van der Waals surface area contributed by atoms with Crippen LogP contribution in [0.5, 0.6) is 0 Å². The molecule has 0 fully saturated rings. The average Bonchev–Trinajstić information content (AvgIpc) is 3.06. The molecule has 0 unspecified atom stereocenters. The molecule has 1 aromatic heterocycles. The summed E-state index contributed by atoms with van der Waals surface area (Å²) in [6.45, 7) is 3.53. The molecular weight excluding hydrogens is 368 g/mol. The lowest BCUT2D eigenvalue weighted by molar-refractivity contribution is -0.385. The Hall–Kier alpha value is -3.04. The number of aromatic nitrogens is 2. The fourth-order valence-corrected chi connectivity index (χ4v) is 3.68. The molecule has 0 atom stereocenters. The molecule has 0 aliphatic carbocycles. The minimum Gasteiger partial charge on any atom is -0.304 e. The normalized spacial score (nSPS) is 11.5. The van der Waals surface area contributed by atoms with Crippen LogP contribution in [0.3, 0.4) is 0 Å². The van der Waals surface area contributed by atoms with Crippen LogP contribution in [0.1, 0.15) is 17.0 Å². The first kappa shape index (κ1) is 18.7. The summed E-state index contributed by atoms with van der Waals surface area (Å²) in [5.41, 5.74) is 1.87. The second-order valence-corrected chi connectivity index (χ2v) is 7.81. The third kappa shape index (κ3) is 4.04. The van der Waals surface area contributed by atoms with E-state index in [-0.39, 0.29) is 17.1 Å². The maximum Gasteiger partial charge on any atom is 0.273 e. The van der Waals surface area contributed by atoms with Crippen LogP contribution in [0.25, 0.3) is 5.69 Å². The second kappa shape index (κ2) is 7.29. The van der Waals surface area contributed by atoms with Crippen molar-refractivity contribution in [1.82, 2.24) is 14.3 Å². The number of sulfonamides is 1. The molecule has 3 rings (SSSR count). The molecule has 2 aromatic carbocycles. The Kier molecular flexibility index (Phi) is 5.06. The summed E-state index contributed by atoms with van der Waals surface area (Å²) in [5, 5.41) is 11.0. The third-order valence-electron chi connectivity index (χ3n) is 4.19. The molecule has 1 heterocycles. The molecule has 0 saturated carbocycles. The highest BCUT2D eigenvalue weighted by Gasteiger charge is 2.19. The van der Waals surface area contributed by atoms with Gasteiger partial charge in [-0.3, -0.25) is 10.1 Å². The Morgan fingerprint density at radius 1 is 1.15 bits per heavy atom. The minimum atomic E-state index is -3.86. The van der Waals surface area contributed by atoms with E-state index in [1.807, 2.05) is 42.0 Å². The van der Waals surface area contributed by atoms with Crippen LogP contribution in [-0.2, 0) is 16.6 Å². The van der Waals surface area contributed by atoms with E-state index in [4.69, 9.17) is 0 Å². The first-order valence-corrected chi connectivity index (χ1v) is 9.60. The third-order valence-corrected chi connectivity index (χ3v) is 5.59. The van der Waals surface area contributed by atoms with Crippen molar-refractivity contribution in [2.45, 2.75) is 25.3 Å². The van der Waals surface area contributed by atoms with E-state index in [2.05, 4.69) is 9.71 Å². The van der Waals surface area contributed by atoms with Gasteiger partial charge in [0.25, 0.3) is 5.69 Å². The molecule has 0 radical (unpaired) electrons. The van der Waals surface area contributed by atoms with Crippen LogP contribution >= 0.6 is 0 Å². The molecule has 8 nitrogen and oxygen atoms in total. The smallest absolute Gasteiger partial charge is 0.273 e. The standard InChI is InChI=1S/C18H18N4O4S/c1-13-3-8-17(11-18(13)22(23)24)27(25,26)20-12-15-4-6-16(7-5-15)21-10-9-19-14(21)2/h3-11,20H,12H2,1-2H3. The van der Waals surface area contributed by atoms with Gasteiger partial charge in [0.05, 0.1) is 9.82 Å².